The Bertz CT molecular complexity index is 719. The highest BCUT2D eigenvalue weighted by Crippen LogP contribution is 2.56. The van der Waals surface area contributed by atoms with E-state index in [1.807, 2.05) is 13.8 Å². The highest BCUT2D eigenvalue weighted by Gasteiger charge is 2.51. The Morgan fingerprint density at radius 2 is 0.970 bits per heavy atom. The van der Waals surface area contributed by atoms with E-state index in [1.165, 1.54) is 0 Å². The fourth-order valence-electron chi connectivity index (χ4n) is 4.67. The van der Waals surface area contributed by atoms with Crippen molar-refractivity contribution in [3.8, 4) is 0 Å². The fraction of sp³-hybridized carbons (Fsp3) is 0.900. The number of hydrogen-bond acceptors (Lipinski definition) is 3. The van der Waals surface area contributed by atoms with E-state index in [2.05, 4.69) is 128 Å². The summed E-state index contributed by atoms with van der Waals surface area (Å²) in [5.74, 6) is 0.161. The minimum atomic E-state index is -0.656. The quantitative estimate of drug-likeness (QED) is 0.324. The van der Waals surface area contributed by atoms with Crippen molar-refractivity contribution >= 4 is 5.78 Å². The summed E-state index contributed by atoms with van der Waals surface area (Å²) in [7, 11) is 0. The third-order valence-corrected chi connectivity index (χ3v) is 10.4. The molecule has 0 aliphatic carbocycles. The summed E-state index contributed by atoms with van der Waals surface area (Å²) in [5, 5.41) is 7.27. The molecule has 0 aromatic carbocycles. The lowest BCUT2D eigenvalue weighted by atomic mass is 9.51. The number of nitrogens with one attached hydrogen (secondary N) is 2. The molecule has 0 saturated carbocycles. The van der Waals surface area contributed by atoms with Gasteiger partial charge in [-0.1, -0.05) is 95.2 Å². The molecule has 0 rings (SSSR count). The molecular formula is C30H60N2O. The van der Waals surface area contributed by atoms with Gasteiger partial charge in [0.25, 0.3) is 0 Å². The largest absolute Gasteiger partial charge is 0.301 e. The van der Waals surface area contributed by atoms with Crippen LogP contribution in [0.2, 0.25) is 0 Å². The van der Waals surface area contributed by atoms with Gasteiger partial charge in [0.05, 0.1) is 12.1 Å². The predicted molar refractivity (Wildman–Crippen MR) is 148 cm³/mol. The zero-order valence-electron chi connectivity index (χ0n) is 25.8. The average Bonchev–Trinajstić information content (AvgIpc) is 2.55. The topological polar surface area (TPSA) is 41.1 Å². The third-order valence-electron chi connectivity index (χ3n) is 10.4. The molecule has 196 valence electrons. The van der Waals surface area contributed by atoms with Crippen LogP contribution in [0.3, 0.4) is 0 Å². The standard InChI is InChI=1S/C30H60N2O/c1-21(25(8,9)28(14,15)23(2,3)4)26(10,11)31-20-22(33)27(12,13)32-30(18,19)29(16,17)24(5,6)7/h31-32H,1,20H2,2-19H3. The molecular weight excluding hydrogens is 404 g/mol. The SMILES string of the molecule is C=C(C(C)(C)NCC(=O)C(C)(C)NC(C)(C)C(C)(C)C(C)(C)C)C(C)(C)C(C)(C)C(C)(C)C. The summed E-state index contributed by atoms with van der Waals surface area (Å²) in [4.78, 5) is 13.4. The van der Waals surface area contributed by atoms with Gasteiger partial charge in [-0.05, 0) is 68.6 Å². The van der Waals surface area contributed by atoms with E-state index in [1.54, 1.807) is 0 Å². The molecule has 0 aromatic rings. The van der Waals surface area contributed by atoms with Gasteiger partial charge >= 0.3 is 0 Å². The minimum absolute atomic E-state index is 0.0173. The minimum Gasteiger partial charge on any atom is -0.301 e. The first-order valence-corrected chi connectivity index (χ1v) is 12.8. The van der Waals surface area contributed by atoms with Crippen LogP contribution in [-0.4, -0.2) is 28.9 Å². The van der Waals surface area contributed by atoms with E-state index < -0.39 is 5.54 Å². The highest BCUT2D eigenvalue weighted by atomic mass is 16.1. The summed E-state index contributed by atoms with van der Waals surface area (Å²) in [6.45, 7) is 45.0. The highest BCUT2D eigenvalue weighted by molar-refractivity contribution is 5.89. The normalized spacial score (nSPS) is 15.6. The molecule has 3 heteroatoms. The molecule has 0 aliphatic rings. The summed E-state index contributed by atoms with van der Waals surface area (Å²) in [6.07, 6.45) is 0. The van der Waals surface area contributed by atoms with Crippen LogP contribution < -0.4 is 10.6 Å². The Kier molecular flexibility index (Phi) is 8.90. The monoisotopic (exact) mass is 464 g/mol. The van der Waals surface area contributed by atoms with Gasteiger partial charge < -0.3 is 5.32 Å². The van der Waals surface area contributed by atoms with Crippen LogP contribution in [0.25, 0.3) is 0 Å². The third kappa shape index (κ3) is 6.31. The Morgan fingerprint density at radius 1 is 0.606 bits per heavy atom. The number of ketones is 1. The van der Waals surface area contributed by atoms with Gasteiger partial charge in [-0.2, -0.15) is 0 Å². The molecule has 0 spiro atoms. The first kappa shape index (κ1) is 32.3. The van der Waals surface area contributed by atoms with Crippen molar-refractivity contribution in [3.05, 3.63) is 12.2 Å². The Hall–Kier alpha value is -0.670. The van der Waals surface area contributed by atoms with Gasteiger partial charge in [0, 0.05) is 11.1 Å². The second kappa shape index (κ2) is 9.08. The molecule has 0 aliphatic heterocycles. The number of Topliss-reactive ketones (excluding diaryl/α,β-unsaturated/α-hetero) is 1. The van der Waals surface area contributed by atoms with Gasteiger partial charge in [-0.25, -0.2) is 0 Å². The maximum absolute atomic E-state index is 13.4. The van der Waals surface area contributed by atoms with Crippen molar-refractivity contribution in [2.75, 3.05) is 6.54 Å². The van der Waals surface area contributed by atoms with E-state index in [0.717, 1.165) is 5.57 Å². The second-order valence-corrected chi connectivity index (χ2v) is 15.6. The van der Waals surface area contributed by atoms with Crippen LogP contribution in [0, 0.1) is 27.1 Å². The van der Waals surface area contributed by atoms with E-state index in [4.69, 9.17) is 0 Å². The molecule has 0 fully saturated rings. The van der Waals surface area contributed by atoms with Crippen molar-refractivity contribution in [2.45, 2.75) is 141 Å². The summed E-state index contributed by atoms with van der Waals surface area (Å²) >= 11 is 0. The van der Waals surface area contributed by atoms with Crippen LogP contribution in [0.15, 0.2) is 12.2 Å². The van der Waals surface area contributed by atoms with E-state index >= 15 is 0 Å². The lowest BCUT2D eigenvalue weighted by molar-refractivity contribution is -0.125. The zero-order valence-corrected chi connectivity index (χ0v) is 25.8. The van der Waals surface area contributed by atoms with Gasteiger partial charge in [0.15, 0.2) is 5.78 Å². The maximum atomic E-state index is 13.4. The van der Waals surface area contributed by atoms with Crippen molar-refractivity contribution in [1.29, 1.82) is 0 Å². The lowest BCUT2D eigenvalue weighted by Gasteiger charge is -2.55. The van der Waals surface area contributed by atoms with Gasteiger partial charge in [0.2, 0.25) is 0 Å². The van der Waals surface area contributed by atoms with Crippen molar-refractivity contribution in [2.24, 2.45) is 27.1 Å². The predicted octanol–water partition coefficient (Wildman–Crippen LogP) is 7.80. The van der Waals surface area contributed by atoms with Crippen LogP contribution in [0.5, 0.6) is 0 Å². The number of carbonyl (C=O) groups is 1. The second-order valence-electron chi connectivity index (χ2n) is 15.6. The number of rotatable bonds is 10. The Morgan fingerprint density at radius 3 is 1.30 bits per heavy atom. The number of carbonyl (C=O) groups excluding carboxylic acids is 1. The fourth-order valence-corrected chi connectivity index (χ4v) is 4.67. The number of hydrogen-bond donors (Lipinski definition) is 2. The molecule has 0 saturated heterocycles. The summed E-state index contributed by atoms with van der Waals surface area (Å²) in [5.41, 5.74) is -0.0735. The van der Waals surface area contributed by atoms with Gasteiger partial charge in [-0.15, -0.1) is 0 Å². The molecule has 33 heavy (non-hydrogen) atoms. The zero-order chi connectivity index (χ0) is 27.3. The average molecular weight is 465 g/mol. The molecule has 0 heterocycles. The Balaban J connectivity index is 5.64. The van der Waals surface area contributed by atoms with Gasteiger partial charge in [0.1, 0.15) is 0 Å². The van der Waals surface area contributed by atoms with E-state index in [-0.39, 0.29) is 43.9 Å². The van der Waals surface area contributed by atoms with E-state index in [0.29, 0.717) is 6.54 Å². The maximum Gasteiger partial charge on any atom is 0.166 e. The molecule has 0 bridgehead atoms. The molecule has 2 N–H and O–H groups in total. The first-order chi connectivity index (χ1) is 14.0. The van der Waals surface area contributed by atoms with Gasteiger partial charge in [-0.3, -0.25) is 10.1 Å². The van der Waals surface area contributed by atoms with E-state index in [9.17, 15) is 4.79 Å². The van der Waals surface area contributed by atoms with Crippen molar-refractivity contribution < 1.29 is 4.79 Å². The molecule has 0 amide bonds. The summed E-state index contributed by atoms with van der Waals surface area (Å²) < 4.78 is 0. The van der Waals surface area contributed by atoms with Crippen molar-refractivity contribution in [3.63, 3.8) is 0 Å². The molecule has 0 unspecified atom stereocenters. The first-order valence-electron chi connectivity index (χ1n) is 12.8. The molecule has 0 atom stereocenters. The van der Waals surface area contributed by atoms with Crippen LogP contribution >= 0.6 is 0 Å². The van der Waals surface area contributed by atoms with Crippen LogP contribution in [0.4, 0.5) is 0 Å². The molecule has 0 aromatic heterocycles. The van der Waals surface area contributed by atoms with Crippen LogP contribution in [0.1, 0.15) is 125 Å². The van der Waals surface area contributed by atoms with Crippen molar-refractivity contribution in [1.82, 2.24) is 10.6 Å². The molecule has 3 nitrogen and oxygen atoms in total. The van der Waals surface area contributed by atoms with Crippen LogP contribution in [-0.2, 0) is 4.79 Å². The lowest BCUT2D eigenvalue weighted by Crippen LogP contribution is -2.66. The Labute approximate surface area is 208 Å². The molecule has 0 radical (unpaired) electrons. The smallest absolute Gasteiger partial charge is 0.166 e. The summed E-state index contributed by atoms with van der Waals surface area (Å²) in [6, 6.07) is 0.